The lowest BCUT2D eigenvalue weighted by molar-refractivity contribution is -0.149. The fraction of sp³-hybridized carbons (Fsp3) is 0.429. The Kier molecular flexibility index (Phi) is 4.84. The van der Waals surface area contributed by atoms with Gasteiger partial charge in [-0.05, 0) is 31.2 Å². The molecule has 1 fully saturated rings. The van der Waals surface area contributed by atoms with Crippen molar-refractivity contribution in [1.82, 2.24) is 5.32 Å². The average Bonchev–Trinajstić information content (AvgIpc) is 2.81. The van der Waals surface area contributed by atoms with E-state index in [1.165, 1.54) is 0 Å². The van der Waals surface area contributed by atoms with Crippen molar-refractivity contribution in [2.45, 2.75) is 13.0 Å². The highest BCUT2D eigenvalue weighted by Gasteiger charge is 2.47. The Hall–Kier alpha value is -1.60. The molecule has 7 heteroatoms. The van der Waals surface area contributed by atoms with E-state index in [9.17, 15) is 14.7 Å². The number of hydrogen-bond donors (Lipinski definition) is 2. The van der Waals surface area contributed by atoms with Gasteiger partial charge in [0.25, 0.3) is 5.91 Å². The molecule has 2 atom stereocenters. The number of ether oxygens (including phenoxy) is 2. The Labute approximate surface area is 130 Å². The van der Waals surface area contributed by atoms with Crippen molar-refractivity contribution in [3.63, 3.8) is 0 Å². The molecule has 0 bridgehead atoms. The number of carbonyl (C=O) groups is 2. The minimum absolute atomic E-state index is 0.0842. The maximum absolute atomic E-state index is 11.9. The number of amides is 1. The molecule has 21 heavy (non-hydrogen) atoms. The number of hydrogen-bond acceptors (Lipinski definition) is 4. The zero-order valence-electron chi connectivity index (χ0n) is 11.5. The normalized spacial score (nSPS) is 24.6. The van der Waals surface area contributed by atoms with Gasteiger partial charge >= 0.3 is 5.97 Å². The van der Waals surface area contributed by atoms with Crippen molar-refractivity contribution >= 4 is 27.8 Å². The fourth-order valence-corrected chi connectivity index (χ4v) is 2.27. The van der Waals surface area contributed by atoms with Crippen molar-refractivity contribution in [3.05, 3.63) is 28.7 Å². The van der Waals surface area contributed by atoms with Crippen molar-refractivity contribution in [2.24, 2.45) is 5.41 Å². The van der Waals surface area contributed by atoms with Gasteiger partial charge in [-0.3, -0.25) is 9.59 Å². The van der Waals surface area contributed by atoms with E-state index in [0.29, 0.717) is 5.75 Å². The Balaban J connectivity index is 1.87. The summed E-state index contributed by atoms with van der Waals surface area (Å²) in [6.45, 7) is 1.66. The highest BCUT2D eigenvalue weighted by atomic mass is 79.9. The van der Waals surface area contributed by atoms with Gasteiger partial charge in [-0.1, -0.05) is 15.9 Å². The molecule has 2 unspecified atom stereocenters. The molecular weight excluding hydrogens is 342 g/mol. The van der Waals surface area contributed by atoms with Gasteiger partial charge < -0.3 is 19.9 Å². The van der Waals surface area contributed by atoms with Crippen LogP contribution < -0.4 is 10.1 Å². The molecule has 0 aromatic heterocycles. The molecule has 1 heterocycles. The summed E-state index contributed by atoms with van der Waals surface area (Å²) < 4.78 is 11.4. The van der Waals surface area contributed by atoms with Crippen LogP contribution in [0.2, 0.25) is 0 Å². The lowest BCUT2D eigenvalue weighted by Crippen LogP contribution is -2.50. The van der Waals surface area contributed by atoms with E-state index in [1.807, 2.05) is 0 Å². The molecule has 0 aliphatic carbocycles. The molecule has 2 N–H and O–H groups in total. The van der Waals surface area contributed by atoms with Gasteiger partial charge in [-0.25, -0.2) is 0 Å². The number of carbonyl (C=O) groups excluding carboxylic acids is 1. The van der Waals surface area contributed by atoms with Gasteiger partial charge in [-0.15, -0.1) is 0 Å². The lowest BCUT2D eigenvalue weighted by Gasteiger charge is -2.25. The third-order valence-corrected chi connectivity index (χ3v) is 3.99. The van der Waals surface area contributed by atoms with E-state index >= 15 is 0 Å². The number of rotatable bonds is 5. The maximum Gasteiger partial charge on any atom is 0.313 e. The number of carboxylic acids is 1. The lowest BCUT2D eigenvalue weighted by atomic mass is 9.85. The Bertz CT molecular complexity index is 533. The molecule has 0 radical (unpaired) electrons. The first-order chi connectivity index (χ1) is 9.91. The van der Waals surface area contributed by atoms with Gasteiger partial charge in [0.15, 0.2) is 6.61 Å². The number of halogens is 1. The predicted molar refractivity (Wildman–Crippen MR) is 78.1 cm³/mol. The summed E-state index contributed by atoms with van der Waals surface area (Å²) in [4.78, 5) is 23.1. The highest BCUT2D eigenvalue weighted by Crippen LogP contribution is 2.28. The first kappa shape index (κ1) is 15.8. The van der Waals surface area contributed by atoms with Crippen LogP contribution in [-0.4, -0.2) is 42.8 Å². The zero-order chi connectivity index (χ0) is 15.5. The monoisotopic (exact) mass is 357 g/mol. The van der Waals surface area contributed by atoms with Gasteiger partial charge in [0.05, 0.1) is 19.3 Å². The molecule has 1 aromatic rings. The van der Waals surface area contributed by atoms with E-state index in [0.717, 1.165) is 4.47 Å². The highest BCUT2D eigenvalue weighted by molar-refractivity contribution is 9.10. The smallest absolute Gasteiger partial charge is 0.313 e. The van der Waals surface area contributed by atoms with Crippen LogP contribution in [0, 0.1) is 5.41 Å². The summed E-state index contributed by atoms with van der Waals surface area (Å²) >= 11 is 3.31. The van der Waals surface area contributed by atoms with Crippen molar-refractivity contribution in [2.75, 3.05) is 19.8 Å². The van der Waals surface area contributed by atoms with E-state index in [4.69, 9.17) is 9.47 Å². The second-order valence-corrected chi connectivity index (χ2v) is 6.02. The zero-order valence-corrected chi connectivity index (χ0v) is 13.1. The Morgan fingerprint density at radius 2 is 2.14 bits per heavy atom. The predicted octanol–water partition coefficient (Wildman–Crippen LogP) is 1.43. The molecule has 1 aromatic carbocycles. The van der Waals surface area contributed by atoms with E-state index in [2.05, 4.69) is 21.2 Å². The Morgan fingerprint density at radius 3 is 2.76 bits per heavy atom. The second kappa shape index (κ2) is 6.44. The number of aliphatic carboxylic acids is 1. The van der Waals surface area contributed by atoms with Crippen LogP contribution in [-0.2, 0) is 14.3 Å². The standard InChI is InChI=1S/C14H16BrNO5/c1-14(13(18)19)8-20-6-11(14)16-12(17)7-21-10-4-2-9(15)3-5-10/h2-5,11H,6-8H2,1H3,(H,16,17)(H,18,19). The molecule has 0 spiro atoms. The summed E-state index contributed by atoms with van der Waals surface area (Å²) in [6, 6.07) is 6.52. The molecule has 6 nitrogen and oxygen atoms in total. The molecular formula is C14H16BrNO5. The largest absolute Gasteiger partial charge is 0.484 e. The van der Waals surface area contributed by atoms with Gasteiger partial charge in [-0.2, -0.15) is 0 Å². The van der Waals surface area contributed by atoms with Crippen LogP contribution in [0.3, 0.4) is 0 Å². The first-order valence-electron chi connectivity index (χ1n) is 6.41. The van der Waals surface area contributed by atoms with Crippen LogP contribution in [0.15, 0.2) is 28.7 Å². The quantitative estimate of drug-likeness (QED) is 0.832. The van der Waals surface area contributed by atoms with Crippen molar-refractivity contribution < 1.29 is 24.2 Å². The number of carboxylic acid groups (broad SMARTS) is 1. The fourth-order valence-electron chi connectivity index (χ4n) is 2.00. The SMILES string of the molecule is CC1(C(=O)O)COCC1NC(=O)COc1ccc(Br)cc1. The summed E-state index contributed by atoms with van der Waals surface area (Å²) in [5, 5.41) is 11.9. The first-order valence-corrected chi connectivity index (χ1v) is 7.20. The third-order valence-electron chi connectivity index (χ3n) is 3.46. The van der Waals surface area contributed by atoms with Gasteiger partial charge in [0.2, 0.25) is 0 Å². The molecule has 114 valence electrons. The molecule has 1 aliphatic heterocycles. The average molecular weight is 358 g/mol. The van der Waals surface area contributed by atoms with Crippen LogP contribution >= 0.6 is 15.9 Å². The van der Waals surface area contributed by atoms with Gasteiger partial charge in [0, 0.05) is 4.47 Å². The molecule has 0 saturated carbocycles. The van der Waals surface area contributed by atoms with Crippen LogP contribution in [0.4, 0.5) is 0 Å². The van der Waals surface area contributed by atoms with Crippen molar-refractivity contribution in [3.8, 4) is 5.75 Å². The molecule has 1 aliphatic rings. The van der Waals surface area contributed by atoms with Crippen LogP contribution in [0.5, 0.6) is 5.75 Å². The summed E-state index contributed by atoms with van der Waals surface area (Å²) in [6.07, 6.45) is 0. The second-order valence-electron chi connectivity index (χ2n) is 5.10. The summed E-state index contributed by atoms with van der Waals surface area (Å²) in [5.41, 5.74) is -1.10. The topological polar surface area (TPSA) is 84.9 Å². The third kappa shape index (κ3) is 3.74. The summed E-state index contributed by atoms with van der Waals surface area (Å²) in [5.74, 6) is -0.794. The van der Waals surface area contributed by atoms with Crippen molar-refractivity contribution in [1.29, 1.82) is 0 Å². The minimum atomic E-state index is -1.10. The van der Waals surface area contributed by atoms with E-state index in [-0.39, 0.29) is 25.7 Å². The van der Waals surface area contributed by atoms with Gasteiger partial charge in [0.1, 0.15) is 11.2 Å². The molecule has 1 saturated heterocycles. The molecule has 1 amide bonds. The van der Waals surface area contributed by atoms with E-state index in [1.54, 1.807) is 31.2 Å². The van der Waals surface area contributed by atoms with Crippen LogP contribution in [0.25, 0.3) is 0 Å². The number of nitrogens with one attached hydrogen (secondary N) is 1. The Morgan fingerprint density at radius 1 is 1.48 bits per heavy atom. The summed E-state index contributed by atoms with van der Waals surface area (Å²) in [7, 11) is 0. The number of benzene rings is 1. The molecule has 2 rings (SSSR count). The minimum Gasteiger partial charge on any atom is -0.484 e. The van der Waals surface area contributed by atoms with E-state index < -0.39 is 17.4 Å². The maximum atomic E-state index is 11.9. The van der Waals surface area contributed by atoms with Crippen LogP contribution in [0.1, 0.15) is 6.92 Å².